The topological polar surface area (TPSA) is 68.8 Å². The van der Waals surface area contributed by atoms with E-state index in [0.717, 1.165) is 37.1 Å². The van der Waals surface area contributed by atoms with Crippen molar-refractivity contribution in [2.45, 2.75) is 37.9 Å². The molecule has 1 fully saturated rings. The van der Waals surface area contributed by atoms with Crippen LogP contribution in [0.5, 0.6) is 17.2 Å². The molecular formula is C21H23ClN2O4. The number of hydrogen-bond acceptors (Lipinski definition) is 5. The Morgan fingerprint density at radius 2 is 1.93 bits per heavy atom. The van der Waals surface area contributed by atoms with Gasteiger partial charge in [0.05, 0.1) is 12.8 Å². The van der Waals surface area contributed by atoms with E-state index in [9.17, 15) is 4.79 Å². The smallest absolute Gasteiger partial charge is 0.251 e. The summed E-state index contributed by atoms with van der Waals surface area (Å²) in [6.45, 7) is 0.455. The summed E-state index contributed by atoms with van der Waals surface area (Å²) in [6.07, 6.45) is 4.34. The van der Waals surface area contributed by atoms with E-state index in [1.807, 2.05) is 18.2 Å². The van der Waals surface area contributed by atoms with Crippen LogP contribution in [0.25, 0.3) is 0 Å². The van der Waals surface area contributed by atoms with Crippen molar-refractivity contribution < 1.29 is 19.0 Å². The van der Waals surface area contributed by atoms with Crippen molar-refractivity contribution in [1.82, 2.24) is 0 Å². The number of methoxy groups -OCH3 is 1. The van der Waals surface area contributed by atoms with E-state index in [0.29, 0.717) is 35.2 Å². The van der Waals surface area contributed by atoms with Gasteiger partial charge in [-0.15, -0.1) is 0 Å². The van der Waals surface area contributed by atoms with Gasteiger partial charge in [0, 0.05) is 42.6 Å². The molecule has 2 aliphatic rings. The van der Waals surface area contributed by atoms with Gasteiger partial charge in [-0.3, -0.25) is 4.79 Å². The van der Waals surface area contributed by atoms with E-state index in [4.69, 9.17) is 25.8 Å². The number of rotatable bonds is 6. The van der Waals surface area contributed by atoms with Crippen LogP contribution in [-0.2, 0) is 4.79 Å². The Balaban J connectivity index is 1.31. The average Bonchev–Trinajstić information content (AvgIpc) is 3.27. The van der Waals surface area contributed by atoms with Gasteiger partial charge in [0.2, 0.25) is 5.91 Å². The van der Waals surface area contributed by atoms with Crippen LogP contribution in [0.15, 0.2) is 36.4 Å². The molecule has 0 unspecified atom stereocenters. The summed E-state index contributed by atoms with van der Waals surface area (Å²) >= 11 is 6.02. The molecule has 0 saturated heterocycles. The van der Waals surface area contributed by atoms with Crippen LogP contribution in [0.4, 0.5) is 11.4 Å². The number of fused-ring (bicyclic) bond motifs is 1. The lowest BCUT2D eigenvalue weighted by atomic mass is 10.2. The number of hydrogen-bond donors (Lipinski definition) is 2. The number of carbonyl (C=O) groups is 1. The molecule has 0 aromatic heterocycles. The van der Waals surface area contributed by atoms with E-state index in [2.05, 4.69) is 10.6 Å². The number of anilines is 2. The Morgan fingerprint density at radius 1 is 1.14 bits per heavy atom. The first-order valence-corrected chi connectivity index (χ1v) is 9.84. The maximum absolute atomic E-state index is 12.3. The molecule has 148 valence electrons. The van der Waals surface area contributed by atoms with E-state index >= 15 is 0 Å². The Kier molecular flexibility index (Phi) is 5.22. The third-order valence-corrected chi connectivity index (χ3v) is 5.25. The molecule has 7 heteroatoms. The number of halogens is 1. The first kappa shape index (κ1) is 18.7. The average molecular weight is 403 g/mol. The Hall–Kier alpha value is -2.60. The summed E-state index contributed by atoms with van der Waals surface area (Å²) in [7, 11) is 1.59. The minimum atomic E-state index is -0.495. The fourth-order valence-electron chi connectivity index (χ4n) is 3.64. The Bertz CT molecular complexity index is 881. The molecule has 2 aromatic rings. The molecule has 1 saturated carbocycles. The van der Waals surface area contributed by atoms with Crippen molar-refractivity contribution in [3.63, 3.8) is 0 Å². The normalized spacial score (nSPS) is 16.2. The molecule has 1 amide bonds. The second-order valence-electron chi connectivity index (χ2n) is 7.05. The zero-order valence-corrected chi connectivity index (χ0v) is 16.5. The van der Waals surface area contributed by atoms with Gasteiger partial charge in [-0.25, -0.2) is 0 Å². The zero-order valence-electron chi connectivity index (χ0n) is 15.7. The molecular weight excluding hydrogens is 380 g/mol. The molecule has 6 nitrogen and oxygen atoms in total. The SMILES string of the molecule is COc1ccc(Cl)cc1NCCC(=O)Nc1ccc2c(c1)OC1(CCCC1)O2. The van der Waals surface area contributed by atoms with Gasteiger partial charge >= 0.3 is 0 Å². The van der Waals surface area contributed by atoms with Crippen LogP contribution in [-0.4, -0.2) is 25.3 Å². The number of amides is 1. The molecule has 4 rings (SSSR count). The fourth-order valence-corrected chi connectivity index (χ4v) is 3.81. The van der Waals surface area contributed by atoms with Gasteiger partial charge < -0.3 is 24.8 Å². The highest BCUT2D eigenvalue weighted by molar-refractivity contribution is 6.30. The van der Waals surface area contributed by atoms with Crippen LogP contribution < -0.4 is 24.8 Å². The minimum absolute atomic E-state index is 0.0945. The Labute approximate surface area is 169 Å². The molecule has 1 aliphatic heterocycles. The first-order valence-electron chi connectivity index (χ1n) is 9.46. The molecule has 1 aliphatic carbocycles. The van der Waals surface area contributed by atoms with Gasteiger partial charge in [0.25, 0.3) is 5.79 Å². The number of benzene rings is 2. The van der Waals surface area contributed by atoms with Gasteiger partial charge in [-0.05, 0) is 43.2 Å². The minimum Gasteiger partial charge on any atom is -0.495 e. The number of nitrogens with one attached hydrogen (secondary N) is 2. The van der Waals surface area contributed by atoms with E-state index in [1.54, 1.807) is 25.3 Å². The lowest BCUT2D eigenvalue weighted by Crippen LogP contribution is -2.34. The molecule has 28 heavy (non-hydrogen) atoms. The predicted octanol–water partition coefficient (Wildman–Crippen LogP) is 4.83. The van der Waals surface area contributed by atoms with E-state index in [1.165, 1.54) is 0 Å². The van der Waals surface area contributed by atoms with Crippen LogP contribution in [0, 0.1) is 0 Å². The second-order valence-corrected chi connectivity index (χ2v) is 7.49. The lowest BCUT2D eigenvalue weighted by Gasteiger charge is -2.21. The van der Waals surface area contributed by atoms with Crippen molar-refractivity contribution in [2.24, 2.45) is 0 Å². The quantitative estimate of drug-likeness (QED) is 0.724. The van der Waals surface area contributed by atoms with Crippen molar-refractivity contribution in [3.8, 4) is 17.2 Å². The van der Waals surface area contributed by atoms with Gasteiger partial charge in [0.1, 0.15) is 5.75 Å². The van der Waals surface area contributed by atoms with Crippen molar-refractivity contribution in [2.75, 3.05) is 24.3 Å². The zero-order chi connectivity index (χ0) is 19.6. The molecule has 2 aromatic carbocycles. The lowest BCUT2D eigenvalue weighted by molar-refractivity contribution is -0.115. The summed E-state index contributed by atoms with van der Waals surface area (Å²) in [6, 6.07) is 10.8. The number of carbonyl (C=O) groups excluding carboxylic acids is 1. The molecule has 0 atom stereocenters. The third-order valence-electron chi connectivity index (χ3n) is 5.01. The summed E-state index contributed by atoms with van der Waals surface area (Å²) in [5, 5.41) is 6.69. The highest BCUT2D eigenvalue weighted by Crippen LogP contribution is 2.47. The molecule has 1 heterocycles. The summed E-state index contributed by atoms with van der Waals surface area (Å²) in [5.41, 5.74) is 1.45. The van der Waals surface area contributed by atoms with Crippen LogP contribution in [0.2, 0.25) is 5.02 Å². The molecule has 0 bridgehead atoms. The first-order chi connectivity index (χ1) is 13.6. The monoisotopic (exact) mass is 402 g/mol. The maximum atomic E-state index is 12.3. The van der Waals surface area contributed by atoms with Gasteiger partial charge in [0.15, 0.2) is 11.5 Å². The molecule has 2 N–H and O–H groups in total. The van der Waals surface area contributed by atoms with Crippen LogP contribution in [0.3, 0.4) is 0 Å². The standard InChI is InChI=1S/C21H23ClN2O4/c1-26-17-6-4-14(22)12-16(17)23-11-8-20(25)24-15-5-7-18-19(13-15)28-21(27-18)9-2-3-10-21/h4-7,12-13,23H,2-3,8-11H2,1H3,(H,24,25). The van der Waals surface area contributed by atoms with Crippen molar-refractivity contribution in [1.29, 1.82) is 0 Å². The maximum Gasteiger partial charge on any atom is 0.251 e. The van der Waals surface area contributed by atoms with Gasteiger partial charge in [-0.1, -0.05) is 11.6 Å². The number of ether oxygens (including phenoxy) is 3. The van der Waals surface area contributed by atoms with E-state index < -0.39 is 5.79 Å². The predicted molar refractivity (Wildman–Crippen MR) is 109 cm³/mol. The van der Waals surface area contributed by atoms with E-state index in [-0.39, 0.29) is 5.91 Å². The van der Waals surface area contributed by atoms with Crippen LogP contribution in [0.1, 0.15) is 32.1 Å². The Morgan fingerprint density at radius 3 is 2.71 bits per heavy atom. The second kappa shape index (κ2) is 7.80. The van der Waals surface area contributed by atoms with Crippen molar-refractivity contribution >= 4 is 28.9 Å². The van der Waals surface area contributed by atoms with Crippen LogP contribution >= 0.6 is 11.6 Å². The highest BCUT2D eigenvalue weighted by atomic mass is 35.5. The largest absolute Gasteiger partial charge is 0.495 e. The van der Waals surface area contributed by atoms with Gasteiger partial charge in [-0.2, -0.15) is 0 Å². The summed E-state index contributed by atoms with van der Waals surface area (Å²) in [5.74, 6) is 1.53. The third kappa shape index (κ3) is 3.97. The molecule has 1 spiro atoms. The fraction of sp³-hybridized carbons (Fsp3) is 0.381. The highest BCUT2D eigenvalue weighted by Gasteiger charge is 2.44. The summed E-state index contributed by atoms with van der Waals surface area (Å²) in [4.78, 5) is 12.3. The van der Waals surface area contributed by atoms with Crippen molar-refractivity contribution in [3.05, 3.63) is 41.4 Å². The summed E-state index contributed by atoms with van der Waals surface area (Å²) < 4.78 is 17.3. The molecule has 0 radical (unpaired) electrons.